The van der Waals surface area contributed by atoms with Crippen molar-refractivity contribution in [1.29, 1.82) is 0 Å². The first-order valence-electron chi connectivity index (χ1n) is 4.96. The van der Waals surface area contributed by atoms with E-state index in [1.165, 1.54) is 0 Å². The molecular formula is C12H15ClO3. The monoisotopic (exact) mass is 242 g/mol. The van der Waals surface area contributed by atoms with Gasteiger partial charge in [-0.3, -0.25) is 0 Å². The third-order valence-electron chi connectivity index (χ3n) is 1.87. The molecule has 1 atom stereocenters. The number of carboxylic acid groups (broad SMARTS) is 1. The third kappa shape index (κ3) is 3.83. The average molecular weight is 243 g/mol. The van der Waals surface area contributed by atoms with Crippen LogP contribution in [0.5, 0.6) is 0 Å². The molecule has 1 unspecified atom stereocenters. The van der Waals surface area contributed by atoms with Crippen LogP contribution in [0, 0.1) is 0 Å². The molecule has 0 aliphatic rings. The lowest BCUT2D eigenvalue weighted by molar-refractivity contribution is -0.160. The number of ether oxygens (including phenoxy) is 1. The summed E-state index contributed by atoms with van der Waals surface area (Å²) < 4.78 is 5.48. The molecule has 0 heterocycles. The first kappa shape index (κ1) is 13.0. The minimum atomic E-state index is -1.00. The van der Waals surface area contributed by atoms with Crippen molar-refractivity contribution in [3.8, 4) is 0 Å². The van der Waals surface area contributed by atoms with E-state index in [0.29, 0.717) is 10.6 Å². The number of hydrogen-bond donors (Lipinski definition) is 1. The molecule has 0 fully saturated rings. The molecule has 0 spiro atoms. The Hall–Kier alpha value is -1.06. The number of aliphatic carboxylic acids is 1. The molecule has 1 N–H and O–H groups in total. The lowest BCUT2D eigenvalue weighted by Crippen LogP contribution is -2.27. The van der Waals surface area contributed by atoms with E-state index in [1.54, 1.807) is 24.3 Å². The minimum absolute atomic E-state index is 0.511. The van der Waals surface area contributed by atoms with E-state index in [0.717, 1.165) is 0 Å². The van der Waals surface area contributed by atoms with Crippen LogP contribution in [0.3, 0.4) is 0 Å². The Morgan fingerprint density at radius 3 is 2.19 bits per heavy atom. The molecule has 1 rings (SSSR count). The fraction of sp³-hybridized carbons (Fsp3) is 0.417. The van der Waals surface area contributed by atoms with Gasteiger partial charge in [0.2, 0.25) is 0 Å². The summed E-state index contributed by atoms with van der Waals surface area (Å²) in [6, 6.07) is 6.62. The van der Waals surface area contributed by atoms with Gasteiger partial charge < -0.3 is 9.84 Å². The summed E-state index contributed by atoms with van der Waals surface area (Å²) in [4.78, 5) is 11.1. The van der Waals surface area contributed by atoms with Gasteiger partial charge in [0, 0.05) is 5.02 Å². The predicted octanol–water partition coefficient (Wildman–Crippen LogP) is 3.28. The molecule has 0 aliphatic carbocycles. The van der Waals surface area contributed by atoms with Crippen LogP contribution >= 0.6 is 11.6 Å². The highest BCUT2D eigenvalue weighted by molar-refractivity contribution is 6.30. The van der Waals surface area contributed by atoms with Crippen LogP contribution in [0.2, 0.25) is 5.02 Å². The van der Waals surface area contributed by atoms with Crippen molar-refractivity contribution in [2.75, 3.05) is 0 Å². The molecule has 0 saturated carbocycles. The molecule has 4 heteroatoms. The molecule has 1 aromatic rings. The van der Waals surface area contributed by atoms with Crippen molar-refractivity contribution in [2.45, 2.75) is 32.5 Å². The summed E-state index contributed by atoms with van der Waals surface area (Å²) in [5.74, 6) is -1.00. The van der Waals surface area contributed by atoms with Crippen molar-refractivity contribution >= 4 is 17.6 Å². The number of halogens is 1. The highest BCUT2D eigenvalue weighted by Gasteiger charge is 2.26. The van der Waals surface area contributed by atoms with Crippen LogP contribution in [-0.2, 0) is 9.53 Å². The van der Waals surface area contributed by atoms with E-state index in [9.17, 15) is 4.79 Å². The first-order chi connectivity index (χ1) is 7.29. The van der Waals surface area contributed by atoms with E-state index in [4.69, 9.17) is 21.4 Å². The second kappa shape index (κ2) is 4.85. The first-order valence-corrected chi connectivity index (χ1v) is 5.33. The van der Waals surface area contributed by atoms with Crippen molar-refractivity contribution in [3.63, 3.8) is 0 Å². The molecule has 16 heavy (non-hydrogen) atoms. The summed E-state index contributed by atoms with van der Waals surface area (Å²) in [5.41, 5.74) is 0.0784. The SMILES string of the molecule is CC(C)(C)OC(C(=O)O)c1ccc(Cl)cc1. The van der Waals surface area contributed by atoms with Gasteiger partial charge in [-0.2, -0.15) is 0 Å². The smallest absolute Gasteiger partial charge is 0.337 e. The Balaban J connectivity index is 2.94. The van der Waals surface area contributed by atoms with Crippen LogP contribution in [0.25, 0.3) is 0 Å². The maximum absolute atomic E-state index is 11.1. The Kier molecular flexibility index (Phi) is 3.94. The zero-order valence-corrected chi connectivity index (χ0v) is 10.3. The van der Waals surface area contributed by atoms with Crippen LogP contribution < -0.4 is 0 Å². The fourth-order valence-corrected chi connectivity index (χ4v) is 1.38. The average Bonchev–Trinajstić information content (AvgIpc) is 2.14. The van der Waals surface area contributed by atoms with E-state index in [-0.39, 0.29) is 0 Å². The quantitative estimate of drug-likeness (QED) is 0.885. The zero-order chi connectivity index (χ0) is 12.3. The van der Waals surface area contributed by atoms with Gasteiger partial charge in [0.15, 0.2) is 6.10 Å². The van der Waals surface area contributed by atoms with Crippen molar-refractivity contribution < 1.29 is 14.6 Å². The molecule has 1 aromatic carbocycles. The van der Waals surface area contributed by atoms with E-state index in [1.807, 2.05) is 20.8 Å². The maximum Gasteiger partial charge on any atom is 0.337 e. The molecule has 0 saturated heterocycles. The maximum atomic E-state index is 11.1. The summed E-state index contributed by atoms with van der Waals surface area (Å²) in [7, 11) is 0. The lowest BCUT2D eigenvalue weighted by atomic mass is 10.1. The molecule has 0 amide bonds. The van der Waals surface area contributed by atoms with Gasteiger partial charge in [0.1, 0.15) is 0 Å². The molecule has 0 radical (unpaired) electrons. The minimum Gasteiger partial charge on any atom is -0.479 e. The molecule has 3 nitrogen and oxygen atoms in total. The van der Waals surface area contributed by atoms with Gasteiger partial charge in [-0.25, -0.2) is 4.79 Å². The van der Waals surface area contributed by atoms with Gasteiger partial charge in [0.25, 0.3) is 0 Å². The van der Waals surface area contributed by atoms with Gasteiger partial charge in [-0.1, -0.05) is 23.7 Å². The Morgan fingerprint density at radius 2 is 1.81 bits per heavy atom. The summed E-state index contributed by atoms with van der Waals surface area (Å²) >= 11 is 5.74. The van der Waals surface area contributed by atoms with Crippen LogP contribution in [-0.4, -0.2) is 16.7 Å². The van der Waals surface area contributed by atoms with Crippen LogP contribution in [0.1, 0.15) is 32.4 Å². The standard InChI is InChI=1S/C12H15ClO3/c1-12(2,3)16-10(11(14)15)8-4-6-9(13)7-5-8/h4-7,10H,1-3H3,(H,14,15). The van der Waals surface area contributed by atoms with Gasteiger partial charge in [-0.05, 0) is 38.5 Å². The highest BCUT2D eigenvalue weighted by atomic mass is 35.5. The van der Waals surface area contributed by atoms with Crippen molar-refractivity contribution in [1.82, 2.24) is 0 Å². The molecule has 0 aromatic heterocycles. The number of carboxylic acids is 1. The van der Waals surface area contributed by atoms with Gasteiger partial charge in [0.05, 0.1) is 5.60 Å². The largest absolute Gasteiger partial charge is 0.479 e. The number of carbonyl (C=O) groups is 1. The van der Waals surface area contributed by atoms with E-state index in [2.05, 4.69) is 0 Å². The number of benzene rings is 1. The second-order valence-electron chi connectivity index (χ2n) is 4.50. The Bertz CT molecular complexity index is 365. The molecule has 0 bridgehead atoms. The van der Waals surface area contributed by atoms with Crippen molar-refractivity contribution in [2.24, 2.45) is 0 Å². The Labute approximate surface area is 100.0 Å². The van der Waals surface area contributed by atoms with Gasteiger partial charge >= 0.3 is 5.97 Å². The molecule has 88 valence electrons. The Morgan fingerprint density at radius 1 is 1.31 bits per heavy atom. The number of hydrogen-bond acceptors (Lipinski definition) is 2. The fourth-order valence-electron chi connectivity index (χ4n) is 1.25. The summed E-state index contributed by atoms with van der Waals surface area (Å²) in [6.07, 6.45) is -0.961. The third-order valence-corrected chi connectivity index (χ3v) is 2.12. The second-order valence-corrected chi connectivity index (χ2v) is 4.94. The van der Waals surface area contributed by atoms with E-state index >= 15 is 0 Å². The van der Waals surface area contributed by atoms with Crippen molar-refractivity contribution in [3.05, 3.63) is 34.9 Å². The summed E-state index contributed by atoms with van der Waals surface area (Å²) in [5, 5.41) is 9.67. The molecular weight excluding hydrogens is 228 g/mol. The number of rotatable bonds is 3. The lowest BCUT2D eigenvalue weighted by Gasteiger charge is -2.25. The zero-order valence-electron chi connectivity index (χ0n) is 9.53. The predicted molar refractivity (Wildman–Crippen MR) is 62.7 cm³/mol. The van der Waals surface area contributed by atoms with Crippen LogP contribution in [0.4, 0.5) is 0 Å². The van der Waals surface area contributed by atoms with Crippen LogP contribution in [0.15, 0.2) is 24.3 Å². The molecule has 0 aliphatic heterocycles. The normalized spacial score (nSPS) is 13.5. The van der Waals surface area contributed by atoms with Gasteiger partial charge in [-0.15, -0.1) is 0 Å². The summed E-state index contributed by atoms with van der Waals surface area (Å²) in [6.45, 7) is 5.45. The highest BCUT2D eigenvalue weighted by Crippen LogP contribution is 2.25. The van der Waals surface area contributed by atoms with E-state index < -0.39 is 17.7 Å². The topological polar surface area (TPSA) is 46.5 Å².